The lowest BCUT2D eigenvalue weighted by atomic mass is 9.96. The van der Waals surface area contributed by atoms with Gasteiger partial charge in [-0.15, -0.1) is 0 Å². The van der Waals surface area contributed by atoms with Crippen LogP contribution in [0.3, 0.4) is 0 Å². The fourth-order valence-corrected chi connectivity index (χ4v) is 2.48. The van der Waals surface area contributed by atoms with Crippen molar-refractivity contribution < 1.29 is 22.7 Å². The van der Waals surface area contributed by atoms with Gasteiger partial charge in [0, 0.05) is 24.8 Å². The third-order valence-electron chi connectivity index (χ3n) is 3.63. The highest BCUT2D eigenvalue weighted by molar-refractivity contribution is 5.97. The molecule has 1 fully saturated rings. The molecule has 0 radical (unpaired) electrons. The molecule has 1 aromatic carbocycles. The molecule has 2 N–H and O–H groups in total. The zero-order valence-corrected chi connectivity index (χ0v) is 11.6. The van der Waals surface area contributed by atoms with E-state index in [2.05, 4.69) is 0 Å². The van der Waals surface area contributed by atoms with E-state index >= 15 is 0 Å². The van der Waals surface area contributed by atoms with Crippen molar-refractivity contribution in [3.05, 3.63) is 23.8 Å². The van der Waals surface area contributed by atoms with Crippen molar-refractivity contribution in [2.75, 3.05) is 25.9 Å². The number of anilines is 1. The molecule has 1 aliphatic rings. The minimum Gasteiger partial charge on any atom is -0.496 e. The Kier molecular flexibility index (Phi) is 4.29. The van der Waals surface area contributed by atoms with Gasteiger partial charge < -0.3 is 15.4 Å². The van der Waals surface area contributed by atoms with Crippen molar-refractivity contribution in [2.24, 2.45) is 5.92 Å². The molecular formula is C14H17F3N2O2. The number of alkyl halides is 3. The van der Waals surface area contributed by atoms with Crippen LogP contribution in [0.1, 0.15) is 23.2 Å². The Labute approximate surface area is 120 Å². The molecule has 2 rings (SSSR count). The monoisotopic (exact) mass is 302 g/mol. The number of methoxy groups -OCH3 is 1. The smallest absolute Gasteiger partial charge is 0.393 e. The summed E-state index contributed by atoms with van der Waals surface area (Å²) in [5, 5.41) is 0. The van der Waals surface area contributed by atoms with Crippen LogP contribution in [0.4, 0.5) is 18.9 Å². The lowest BCUT2D eigenvalue weighted by Crippen LogP contribution is -2.44. The summed E-state index contributed by atoms with van der Waals surface area (Å²) in [5.41, 5.74) is 6.26. The number of amides is 1. The molecule has 21 heavy (non-hydrogen) atoms. The van der Waals surface area contributed by atoms with E-state index in [0.29, 0.717) is 18.7 Å². The minimum atomic E-state index is -4.27. The number of rotatable bonds is 2. The number of halogens is 3. The second kappa shape index (κ2) is 5.83. The van der Waals surface area contributed by atoms with Gasteiger partial charge in [0.2, 0.25) is 0 Å². The summed E-state index contributed by atoms with van der Waals surface area (Å²) in [7, 11) is 1.39. The van der Waals surface area contributed by atoms with E-state index in [0.717, 1.165) is 0 Å². The third-order valence-corrected chi connectivity index (χ3v) is 3.63. The number of carbonyl (C=O) groups excluding carboxylic acids is 1. The normalized spacial score (nSPS) is 19.4. The largest absolute Gasteiger partial charge is 0.496 e. The molecule has 1 aromatic rings. The Morgan fingerprint density at radius 1 is 1.43 bits per heavy atom. The zero-order valence-electron chi connectivity index (χ0n) is 11.6. The number of nitrogens with zero attached hydrogens (tertiary/aromatic N) is 1. The minimum absolute atomic E-state index is 0.0617. The molecule has 1 saturated heterocycles. The topological polar surface area (TPSA) is 55.6 Å². The predicted molar refractivity (Wildman–Crippen MR) is 72.1 cm³/mol. The van der Waals surface area contributed by atoms with E-state index in [-0.39, 0.29) is 24.3 Å². The van der Waals surface area contributed by atoms with Crippen molar-refractivity contribution >= 4 is 11.6 Å². The molecule has 0 aliphatic carbocycles. The Bertz CT molecular complexity index is 531. The summed E-state index contributed by atoms with van der Waals surface area (Å²) in [5.74, 6) is -1.65. The van der Waals surface area contributed by atoms with Crippen LogP contribution in [0, 0.1) is 5.92 Å². The number of hydrogen-bond donors (Lipinski definition) is 1. The maximum Gasteiger partial charge on any atom is 0.393 e. The van der Waals surface area contributed by atoms with E-state index in [9.17, 15) is 18.0 Å². The Hall–Kier alpha value is -1.92. The van der Waals surface area contributed by atoms with Gasteiger partial charge in [-0.2, -0.15) is 13.2 Å². The predicted octanol–water partition coefficient (Wildman–Crippen LogP) is 2.69. The van der Waals surface area contributed by atoms with Crippen molar-refractivity contribution in [1.29, 1.82) is 0 Å². The van der Waals surface area contributed by atoms with Crippen molar-refractivity contribution in [2.45, 2.75) is 19.0 Å². The van der Waals surface area contributed by atoms with Crippen LogP contribution in [0.5, 0.6) is 5.75 Å². The maximum atomic E-state index is 12.8. The first-order valence-electron chi connectivity index (χ1n) is 6.62. The lowest BCUT2D eigenvalue weighted by molar-refractivity contribution is -0.184. The molecule has 0 saturated carbocycles. The Morgan fingerprint density at radius 2 is 2.14 bits per heavy atom. The zero-order chi connectivity index (χ0) is 15.6. The van der Waals surface area contributed by atoms with Gasteiger partial charge in [-0.1, -0.05) is 0 Å². The van der Waals surface area contributed by atoms with Gasteiger partial charge in [-0.3, -0.25) is 4.79 Å². The van der Waals surface area contributed by atoms with Crippen molar-refractivity contribution in [3.63, 3.8) is 0 Å². The molecule has 1 amide bonds. The van der Waals surface area contributed by atoms with Gasteiger partial charge in [-0.05, 0) is 25.0 Å². The van der Waals surface area contributed by atoms with Crippen LogP contribution in [-0.4, -0.2) is 37.2 Å². The first-order valence-corrected chi connectivity index (χ1v) is 6.62. The lowest BCUT2D eigenvalue weighted by Gasteiger charge is -2.34. The average molecular weight is 302 g/mol. The molecule has 1 aliphatic heterocycles. The number of nitrogens with two attached hydrogens (primary N) is 1. The van der Waals surface area contributed by atoms with Crippen LogP contribution >= 0.6 is 0 Å². The fourth-order valence-electron chi connectivity index (χ4n) is 2.48. The first kappa shape index (κ1) is 15.5. The van der Waals surface area contributed by atoms with E-state index in [4.69, 9.17) is 10.5 Å². The molecule has 1 heterocycles. The molecular weight excluding hydrogens is 285 g/mol. The number of benzene rings is 1. The van der Waals surface area contributed by atoms with E-state index in [1.807, 2.05) is 0 Å². The molecule has 116 valence electrons. The number of hydrogen-bond acceptors (Lipinski definition) is 3. The summed E-state index contributed by atoms with van der Waals surface area (Å²) in [6.07, 6.45) is -3.87. The van der Waals surface area contributed by atoms with Crippen LogP contribution in [0.2, 0.25) is 0 Å². The van der Waals surface area contributed by atoms with Gasteiger partial charge in [-0.25, -0.2) is 0 Å². The number of carbonyl (C=O) groups is 1. The van der Waals surface area contributed by atoms with Crippen LogP contribution in [0.25, 0.3) is 0 Å². The molecule has 7 heteroatoms. The highest BCUT2D eigenvalue weighted by atomic mass is 19.4. The van der Waals surface area contributed by atoms with E-state index in [1.54, 1.807) is 0 Å². The second-order valence-electron chi connectivity index (χ2n) is 5.09. The van der Waals surface area contributed by atoms with Crippen LogP contribution < -0.4 is 10.5 Å². The molecule has 0 aromatic heterocycles. The third kappa shape index (κ3) is 3.40. The second-order valence-corrected chi connectivity index (χ2v) is 5.09. The molecule has 0 spiro atoms. The molecule has 1 atom stereocenters. The number of likely N-dealkylation sites (tertiary alicyclic amines) is 1. The van der Waals surface area contributed by atoms with E-state index in [1.165, 1.54) is 30.2 Å². The highest BCUT2D eigenvalue weighted by Gasteiger charge is 2.42. The van der Waals surface area contributed by atoms with Gasteiger partial charge in [0.25, 0.3) is 5.91 Å². The van der Waals surface area contributed by atoms with Gasteiger partial charge >= 0.3 is 6.18 Å². The van der Waals surface area contributed by atoms with E-state index < -0.39 is 18.0 Å². The van der Waals surface area contributed by atoms with Gasteiger partial charge in [0.15, 0.2) is 0 Å². The quantitative estimate of drug-likeness (QED) is 0.855. The van der Waals surface area contributed by atoms with Crippen molar-refractivity contribution in [3.8, 4) is 5.75 Å². The average Bonchev–Trinajstić information content (AvgIpc) is 2.45. The molecule has 0 bridgehead atoms. The molecule has 4 nitrogen and oxygen atoms in total. The summed E-state index contributed by atoms with van der Waals surface area (Å²) < 4.78 is 43.5. The summed E-state index contributed by atoms with van der Waals surface area (Å²) in [6, 6.07) is 4.49. The maximum absolute atomic E-state index is 12.8. The fraction of sp³-hybridized carbons (Fsp3) is 0.500. The van der Waals surface area contributed by atoms with Crippen LogP contribution in [-0.2, 0) is 0 Å². The number of piperidine rings is 1. The van der Waals surface area contributed by atoms with Crippen molar-refractivity contribution in [1.82, 2.24) is 4.90 Å². The van der Waals surface area contributed by atoms with Crippen LogP contribution in [0.15, 0.2) is 18.2 Å². The Morgan fingerprint density at radius 3 is 2.76 bits per heavy atom. The summed E-state index contributed by atoms with van der Waals surface area (Å²) >= 11 is 0. The Balaban J connectivity index is 2.20. The number of nitrogen functional groups attached to an aromatic ring is 1. The van der Waals surface area contributed by atoms with Gasteiger partial charge in [0.1, 0.15) is 5.75 Å². The molecule has 1 unspecified atom stereocenters. The number of ether oxygens (including phenoxy) is 1. The van der Waals surface area contributed by atoms with Gasteiger partial charge in [0.05, 0.1) is 18.6 Å². The standard InChI is InChI=1S/C14H17F3N2O2/c1-21-12-7-10(18)4-5-11(12)13(20)19-6-2-3-9(8-19)14(15,16)17/h4-5,7,9H,2-3,6,8,18H2,1H3. The first-order chi connectivity index (χ1) is 9.82. The SMILES string of the molecule is COc1cc(N)ccc1C(=O)N1CCCC(C(F)(F)F)C1. The highest BCUT2D eigenvalue weighted by Crippen LogP contribution is 2.34. The summed E-state index contributed by atoms with van der Waals surface area (Å²) in [6.45, 7) is 0.00874. The summed E-state index contributed by atoms with van der Waals surface area (Å²) in [4.78, 5) is 13.6.